The van der Waals surface area contributed by atoms with E-state index in [0.717, 1.165) is 10.7 Å². The lowest BCUT2D eigenvalue weighted by Gasteiger charge is -2.42. The molecule has 0 spiro atoms. The predicted octanol–water partition coefficient (Wildman–Crippen LogP) is 0.136. The van der Waals surface area contributed by atoms with Crippen LogP contribution in [0.3, 0.4) is 0 Å². The van der Waals surface area contributed by atoms with E-state index in [1.54, 1.807) is 4.90 Å². The minimum atomic E-state index is -0.364. The molecule has 1 N–H and O–H groups in total. The van der Waals surface area contributed by atoms with Gasteiger partial charge in [0.25, 0.3) is 5.91 Å². The van der Waals surface area contributed by atoms with Crippen LogP contribution >= 0.6 is 11.3 Å². The Hall–Kier alpha value is -1.96. The molecule has 4 amide bonds. The molecule has 0 atom stereocenters. The number of nitrogens with one attached hydrogen (secondary N) is 1. The Labute approximate surface area is 119 Å². The van der Waals surface area contributed by atoms with Crippen molar-refractivity contribution in [2.45, 2.75) is 19.9 Å². The molecule has 1 aromatic rings. The van der Waals surface area contributed by atoms with Gasteiger partial charge in [-0.2, -0.15) is 0 Å². The van der Waals surface area contributed by atoms with Crippen LogP contribution in [0.25, 0.3) is 0 Å². The van der Waals surface area contributed by atoms with E-state index in [4.69, 9.17) is 0 Å². The van der Waals surface area contributed by atoms with Crippen molar-refractivity contribution in [3.8, 4) is 0 Å². The summed E-state index contributed by atoms with van der Waals surface area (Å²) in [5.74, 6) is -0.298. The maximum atomic E-state index is 12.3. The van der Waals surface area contributed by atoms with Gasteiger partial charge in [0.05, 0.1) is 23.3 Å². The lowest BCUT2D eigenvalue weighted by Crippen LogP contribution is -2.62. The quantitative estimate of drug-likeness (QED) is 0.786. The molecule has 0 bridgehead atoms. The molecule has 1 aromatic heterocycles. The molecule has 106 valence electrons. The topological polar surface area (TPSA) is 82.6 Å². The summed E-state index contributed by atoms with van der Waals surface area (Å²) < 4.78 is 0. The van der Waals surface area contributed by atoms with Crippen LogP contribution in [-0.4, -0.2) is 58.3 Å². The van der Waals surface area contributed by atoms with E-state index in [-0.39, 0.29) is 30.4 Å². The second-order valence-corrected chi connectivity index (χ2v) is 6.14. The summed E-state index contributed by atoms with van der Waals surface area (Å²) in [6, 6.07) is -0.569. The van der Waals surface area contributed by atoms with Crippen LogP contribution in [0.15, 0.2) is 0 Å². The predicted molar refractivity (Wildman–Crippen MR) is 71.5 cm³/mol. The van der Waals surface area contributed by atoms with E-state index in [9.17, 15) is 14.4 Å². The van der Waals surface area contributed by atoms with Gasteiger partial charge in [0.2, 0.25) is 5.91 Å². The van der Waals surface area contributed by atoms with Gasteiger partial charge in [-0.1, -0.05) is 0 Å². The normalized spacial score (nSPS) is 19.3. The second-order valence-electron chi connectivity index (χ2n) is 4.93. The monoisotopic (exact) mass is 294 g/mol. The number of aryl methyl sites for hydroxylation is 2. The highest BCUT2D eigenvalue weighted by Crippen LogP contribution is 2.24. The Kier molecular flexibility index (Phi) is 2.97. The van der Waals surface area contributed by atoms with Crippen molar-refractivity contribution in [2.75, 3.05) is 19.6 Å². The molecule has 7 nitrogen and oxygen atoms in total. The number of carbonyl (C=O) groups is 3. The highest BCUT2D eigenvalue weighted by atomic mass is 32.1. The molecule has 0 radical (unpaired) electrons. The first kappa shape index (κ1) is 13.0. The Morgan fingerprint density at radius 1 is 1.35 bits per heavy atom. The van der Waals surface area contributed by atoms with Gasteiger partial charge >= 0.3 is 6.03 Å². The van der Waals surface area contributed by atoms with Gasteiger partial charge in [-0.05, 0) is 13.8 Å². The van der Waals surface area contributed by atoms with Gasteiger partial charge in [-0.3, -0.25) is 14.5 Å². The van der Waals surface area contributed by atoms with Crippen molar-refractivity contribution < 1.29 is 14.4 Å². The molecule has 3 rings (SSSR count). The number of likely N-dealkylation sites (tertiary alicyclic amines) is 1. The van der Waals surface area contributed by atoms with E-state index in [1.807, 2.05) is 13.8 Å². The molecular formula is C12H14N4O3S. The average Bonchev–Trinajstić information content (AvgIpc) is 2.83. The van der Waals surface area contributed by atoms with Crippen LogP contribution in [-0.2, 0) is 4.79 Å². The van der Waals surface area contributed by atoms with Crippen molar-refractivity contribution in [1.82, 2.24) is 20.1 Å². The number of carbonyl (C=O) groups excluding carboxylic acids is 3. The first-order valence-electron chi connectivity index (χ1n) is 6.30. The third-order valence-corrected chi connectivity index (χ3v) is 4.55. The molecule has 2 aliphatic heterocycles. The van der Waals surface area contributed by atoms with Crippen LogP contribution in [0.5, 0.6) is 0 Å². The number of aromatic nitrogens is 1. The SMILES string of the molecule is Cc1nc(C)c(C(=O)N2CC(N3C(=O)CNC3=O)C2)s1. The zero-order chi connectivity index (χ0) is 14.4. The van der Waals surface area contributed by atoms with Gasteiger partial charge in [-0.25, -0.2) is 9.78 Å². The standard InChI is InChI=1S/C12H14N4O3S/c1-6-10(20-7(2)14-6)11(18)15-4-8(5-15)16-9(17)3-13-12(16)19/h8H,3-5H2,1-2H3,(H,13,19). The fraction of sp³-hybridized carbons (Fsp3) is 0.500. The molecular weight excluding hydrogens is 280 g/mol. The van der Waals surface area contributed by atoms with Gasteiger partial charge in [0.1, 0.15) is 4.88 Å². The number of nitrogens with zero attached hydrogens (tertiary/aromatic N) is 3. The number of hydrogen-bond acceptors (Lipinski definition) is 5. The zero-order valence-corrected chi connectivity index (χ0v) is 12.0. The third-order valence-electron chi connectivity index (χ3n) is 3.49. The number of urea groups is 1. The highest BCUT2D eigenvalue weighted by molar-refractivity contribution is 7.13. The minimum Gasteiger partial charge on any atom is -0.334 e. The molecule has 0 unspecified atom stereocenters. The fourth-order valence-electron chi connectivity index (χ4n) is 2.46. The first-order chi connectivity index (χ1) is 9.47. The summed E-state index contributed by atoms with van der Waals surface area (Å²) >= 11 is 1.37. The minimum absolute atomic E-state index is 0.0520. The number of thiazole rings is 1. The Balaban J connectivity index is 1.66. The van der Waals surface area contributed by atoms with E-state index in [0.29, 0.717) is 18.0 Å². The van der Waals surface area contributed by atoms with Crippen LogP contribution < -0.4 is 5.32 Å². The number of rotatable bonds is 2. The Morgan fingerprint density at radius 2 is 2.05 bits per heavy atom. The molecule has 3 heterocycles. The Morgan fingerprint density at radius 3 is 2.55 bits per heavy atom. The molecule has 2 saturated heterocycles. The van der Waals surface area contributed by atoms with Gasteiger partial charge < -0.3 is 10.2 Å². The van der Waals surface area contributed by atoms with Crippen molar-refractivity contribution >= 4 is 29.2 Å². The lowest BCUT2D eigenvalue weighted by atomic mass is 10.1. The summed E-state index contributed by atoms with van der Waals surface area (Å²) in [6.45, 7) is 4.52. The summed E-state index contributed by atoms with van der Waals surface area (Å²) in [5, 5.41) is 3.34. The van der Waals surface area contributed by atoms with E-state index in [2.05, 4.69) is 10.3 Å². The van der Waals surface area contributed by atoms with Crippen LogP contribution in [0.4, 0.5) is 4.79 Å². The molecule has 20 heavy (non-hydrogen) atoms. The third kappa shape index (κ3) is 1.96. The van der Waals surface area contributed by atoms with Gasteiger partial charge in [0, 0.05) is 13.1 Å². The first-order valence-corrected chi connectivity index (χ1v) is 7.12. The van der Waals surface area contributed by atoms with E-state index in [1.165, 1.54) is 16.2 Å². The number of amides is 4. The summed E-state index contributed by atoms with van der Waals surface area (Å²) in [6.07, 6.45) is 0. The maximum absolute atomic E-state index is 12.3. The molecule has 2 aliphatic rings. The molecule has 0 aromatic carbocycles. The molecule has 0 aliphatic carbocycles. The van der Waals surface area contributed by atoms with Crippen LogP contribution in [0.2, 0.25) is 0 Å². The van der Waals surface area contributed by atoms with Crippen LogP contribution in [0, 0.1) is 13.8 Å². The zero-order valence-electron chi connectivity index (χ0n) is 11.2. The smallest absolute Gasteiger partial charge is 0.324 e. The Bertz CT molecular complexity index is 590. The fourth-order valence-corrected chi connectivity index (χ4v) is 3.35. The van der Waals surface area contributed by atoms with Crippen molar-refractivity contribution in [2.24, 2.45) is 0 Å². The van der Waals surface area contributed by atoms with Gasteiger partial charge in [0.15, 0.2) is 0 Å². The van der Waals surface area contributed by atoms with Crippen LogP contribution in [0.1, 0.15) is 20.4 Å². The van der Waals surface area contributed by atoms with Crippen molar-refractivity contribution in [3.63, 3.8) is 0 Å². The summed E-state index contributed by atoms with van der Waals surface area (Å²) in [5.41, 5.74) is 0.732. The van der Waals surface area contributed by atoms with Gasteiger partial charge in [-0.15, -0.1) is 11.3 Å². The summed E-state index contributed by atoms with van der Waals surface area (Å²) in [7, 11) is 0. The van der Waals surface area contributed by atoms with Crippen molar-refractivity contribution in [3.05, 3.63) is 15.6 Å². The molecule has 2 fully saturated rings. The number of hydrogen-bond donors (Lipinski definition) is 1. The number of imide groups is 1. The largest absolute Gasteiger partial charge is 0.334 e. The lowest BCUT2D eigenvalue weighted by molar-refractivity contribution is -0.128. The average molecular weight is 294 g/mol. The van der Waals surface area contributed by atoms with E-state index >= 15 is 0 Å². The van der Waals surface area contributed by atoms with Crippen molar-refractivity contribution in [1.29, 1.82) is 0 Å². The molecule has 0 saturated carbocycles. The maximum Gasteiger partial charge on any atom is 0.324 e. The second kappa shape index (κ2) is 4.55. The molecule has 8 heteroatoms. The highest BCUT2D eigenvalue weighted by Gasteiger charge is 2.43. The summed E-state index contributed by atoms with van der Waals surface area (Å²) in [4.78, 5) is 43.1. The van der Waals surface area contributed by atoms with E-state index < -0.39 is 0 Å².